The number of anilines is 2. The quantitative estimate of drug-likeness (QED) is 0.753. The number of halogens is 3. The maximum absolute atomic E-state index is 13.6. The lowest BCUT2D eigenvalue weighted by Crippen LogP contribution is -2.21. The minimum Gasteiger partial charge on any atom is -0.492 e. The van der Waals surface area contributed by atoms with Gasteiger partial charge in [-0.1, -0.05) is 12.1 Å². The van der Waals surface area contributed by atoms with Gasteiger partial charge in [-0.25, -0.2) is 13.2 Å². The van der Waals surface area contributed by atoms with E-state index in [0.29, 0.717) is 18.0 Å². The third-order valence-electron chi connectivity index (χ3n) is 4.20. The minimum absolute atomic E-state index is 0.278. The van der Waals surface area contributed by atoms with E-state index in [1.807, 2.05) is 6.92 Å². The first-order chi connectivity index (χ1) is 12.9. The van der Waals surface area contributed by atoms with E-state index in [2.05, 4.69) is 10.6 Å². The van der Waals surface area contributed by atoms with Gasteiger partial charge in [0.25, 0.3) is 0 Å². The largest absolute Gasteiger partial charge is 0.492 e. The third-order valence-corrected chi connectivity index (χ3v) is 4.20. The molecule has 0 aliphatic heterocycles. The van der Waals surface area contributed by atoms with Crippen molar-refractivity contribution >= 4 is 23.2 Å². The molecule has 2 unspecified atom stereocenters. The molecule has 1 aliphatic carbocycles. The SMILES string of the molecule is CCOc1ccccc1NC(=O)C1CC1C(=O)Nc1ccc(F)c(F)c1F. The number of carbonyl (C=O) groups is 2. The van der Waals surface area contributed by atoms with Crippen LogP contribution in [-0.4, -0.2) is 18.4 Å². The molecule has 2 aromatic carbocycles. The van der Waals surface area contributed by atoms with Gasteiger partial charge >= 0.3 is 0 Å². The lowest BCUT2D eigenvalue weighted by Gasteiger charge is -2.11. The molecule has 0 saturated heterocycles. The fourth-order valence-electron chi connectivity index (χ4n) is 2.70. The molecule has 1 aliphatic rings. The van der Waals surface area contributed by atoms with Crippen molar-refractivity contribution < 1.29 is 27.5 Å². The molecule has 2 N–H and O–H groups in total. The summed E-state index contributed by atoms with van der Waals surface area (Å²) in [6, 6.07) is 8.54. The summed E-state index contributed by atoms with van der Waals surface area (Å²) in [5, 5.41) is 4.90. The summed E-state index contributed by atoms with van der Waals surface area (Å²) in [6.45, 7) is 2.25. The maximum Gasteiger partial charge on any atom is 0.228 e. The van der Waals surface area contributed by atoms with Crippen LogP contribution in [0.2, 0.25) is 0 Å². The Morgan fingerprint density at radius 2 is 1.59 bits per heavy atom. The normalized spacial score (nSPS) is 17.9. The Bertz CT molecular complexity index is 888. The van der Waals surface area contributed by atoms with Crippen LogP contribution in [0.5, 0.6) is 5.75 Å². The highest BCUT2D eigenvalue weighted by Crippen LogP contribution is 2.41. The number of carbonyl (C=O) groups excluding carboxylic acids is 2. The molecule has 0 aromatic heterocycles. The molecule has 27 heavy (non-hydrogen) atoms. The first-order valence-corrected chi connectivity index (χ1v) is 8.39. The average Bonchev–Trinajstić information content (AvgIpc) is 3.45. The topological polar surface area (TPSA) is 67.4 Å². The monoisotopic (exact) mass is 378 g/mol. The van der Waals surface area contributed by atoms with Gasteiger partial charge in [0.15, 0.2) is 17.5 Å². The molecule has 8 heteroatoms. The van der Waals surface area contributed by atoms with Gasteiger partial charge in [-0.15, -0.1) is 0 Å². The summed E-state index contributed by atoms with van der Waals surface area (Å²) in [4.78, 5) is 24.5. The van der Waals surface area contributed by atoms with Gasteiger partial charge in [0.2, 0.25) is 11.8 Å². The zero-order valence-corrected chi connectivity index (χ0v) is 14.4. The predicted octanol–water partition coefficient (Wildman–Crippen LogP) is 3.72. The summed E-state index contributed by atoms with van der Waals surface area (Å²) < 4.78 is 45.2. The molecule has 1 saturated carbocycles. The molecule has 2 aromatic rings. The molecule has 0 bridgehead atoms. The van der Waals surface area contributed by atoms with E-state index in [0.717, 1.165) is 12.1 Å². The Kier molecular flexibility index (Phi) is 5.34. The van der Waals surface area contributed by atoms with Crippen LogP contribution in [0.3, 0.4) is 0 Å². The fourth-order valence-corrected chi connectivity index (χ4v) is 2.70. The summed E-state index contributed by atoms with van der Waals surface area (Å²) in [5.41, 5.74) is 0.0220. The van der Waals surface area contributed by atoms with Crippen molar-refractivity contribution in [3.8, 4) is 5.75 Å². The van der Waals surface area contributed by atoms with Gasteiger partial charge in [0.05, 0.1) is 29.8 Å². The molecule has 1 fully saturated rings. The van der Waals surface area contributed by atoms with E-state index in [-0.39, 0.29) is 12.3 Å². The Morgan fingerprint density at radius 3 is 2.26 bits per heavy atom. The Morgan fingerprint density at radius 1 is 0.963 bits per heavy atom. The second-order valence-electron chi connectivity index (χ2n) is 6.08. The van der Waals surface area contributed by atoms with Crippen molar-refractivity contribution in [1.29, 1.82) is 0 Å². The number of hydrogen-bond acceptors (Lipinski definition) is 3. The van der Waals surface area contributed by atoms with Crippen molar-refractivity contribution in [3.05, 3.63) is 53.8 Å². The summed E-state index contributed by atoms with van der Waals surface area (Å²) in [7, 11) is 0. The maximum atomic E-state index is 13.6. The first-order valence-electron chi connectivity index (χ1n) is 8.39. The highest BCUT2D eigenvalue weighted by Gasteiger charge is 2.48. The van der Waals surface area contributed by atoms with E-state index in [1.165, 1.54) is 0 Å². The molecular formula is C19H17F3N2O3. The van der Waals surface area contributed by atoms with Gasteiger partial charge in [-0.3, -0.25) is 9.59 Å². The van der Waals surface area contributed by atoms with Crippen molar-refractivity contribution in [2.24, 2.45) is 11.8 Å². The number of hydrogen-bond donors (Lipinski definition) is 2. The van der Waals surface area contributed by atoms with Gasteiger partial charge in [0, 0.05) is 0 Å². The van der Waals surface area contributed by atoms with Crippen molar-refractivity contribution in [2.45, 2.75) is 13.3 Å². The smallest absolute Gasteiger partial charge is 0.228 e. The lowest BCUT2D eigenvalue weighted by atomic mass is 10.2. The number of amides is 2. The van der Waals surface area contributed by atoms with Crippen molar-refractivity contribution in [3.63, 3.8) is 0 Å². The van der Waals surface area contributed by atoms with Crippen LogP contribution < -0.4 is 15.4 Å². The molecule has 3 rings (SSSR count). The number of nitrogens with one attached hydrogen (secondary N) is 2. The third kappa shape index (κ3) is 4.05. The molecule has 2 atom stereocenters. The average molecular weight is 378 g/mol. The molecule has 5 nitrogen and oxygen atoms in total. The molecule has 0 radical (unpaired) electrons. The van der Waals surface area contributed by atoms with Gasteiger partial charge in [-0.05, 0) is 37.6 Å². The highest BCUT2D eigenvalue weighted by atomic mass is 19.2. The van der Waals surface area contributed by atoms with Crippen LogP contribution in [0, 0.1) is 29.3 Å². The van der Waals surface area contributed by atoms with Crippen molar-refractivity contribution in [1.82, 2.24) is 0 Å². The lowest BCUT2D eigenvalue weighted by molar-refractivity contribution is -0.122. The Hall–Kier alpha value is -3.03. The van der Waals surface area contributed by atoms with E-state index in [9.17, 15) is 22.8 Å². The molecule has 0 spiro atoms. The zero-order valence-electron chi connectivity index (χ0n) is 14.4. The van der Waals surface area contributed by atoms with Crippen LogP contribution >= 0.6 is 0 Å². The number of para-hydroxylation sites is 2. The van der Waals surface area contributed by atoms with Gasteiger partial charge in [-0.2, -0.15) is 0 Å². The van der Waals surface area contributed by atoms with Crippen molar-refractivity contribution in [2.75, 3.05) is 17.2 Å². The summed E-state index contributed by atoms with van der Waals surface area (Å²) in [5.74, 6) is -6.22. The van der Waals surface area contributed by atoms with Crippen LogP contribution in [0.15, 0.2) is 36.4 Å². The van der Waals surface area contributed by atoms with E-state index >= 15 is 0 Å². The fraction of sp³-hybridized carbons (Fsp3) is 0.263. The van der Waals surface area contributed by atoms with Crippen LogP contribution in [0.4, 0.5) is 24.5 Å². The van der Waals surface area contributed by atoms with E-state index in [4.69, 9.17) is 4.74 Å². The Balaban J connectivity index is 1.61. The van der Waals surface area contributed by atoms with Gasteiger partial charge in [0.1, 0.15) is 5.75 Å². The summed E-state index contributed by atoms with van der Waals surface area (Å²) >= 11 is 0. The highest BCUT2D eigenvalue weighted by molar-refractivity contribution is 6.03. The molecular weight excluding hydrogens is 361 g/mol. The number of rotatable bonds is 6. The van der Waals surface area contributed by atoms with Crippen LogP contribution in [-0.2, 0) is 9.59 Å². The van der Waals surface area contributed by atoms with E-state index in [1.54, 1.807) is 24.3 Å². The van der Waals surface area contributed by atoms with Gasteiger partial charge < -0.3 is 15.4 Å². The zero-order chi connectivity index (χ0) is 19.6. The van der Waals surface area contributed by atoms with Crippen LogP contribution in [0.1, 0.15) is 13.3 Å². The molecule has 142 valence electrons. The number of benzene rings is 2. The second-order valence-corrected chi connectivity index (χ2v) is 6.08. The second kappa shape index (κ2) is 7.69. The standard InChI is InChI=1S/C19H17F3N2O3/c1-2-27-15-6-4-3-5-13(15)23-18(25)10-9-11(10)19(26)24-14-8-7-12(20)16(21)17(14)22/h3-8,10-11H,2,9H2,1H3,(H,23,25)(H,24,26). The molecule has 2 amide bonds. The molecule has 0 heterocycles. The minimum atomic E-state index is -1.66. The Labute approximate surface area is 153 Å². The van der Waals surface area contributed by atoms with E-state index < -0.39 is 40.9 Å². The predicted molar refractivity (Wildman–Crippen MR) is 92.8 cm³/mol. The summed E-state index contributed by atoms with van der Waals surface area (Å²) in [6.07, 6.45) is 0.278. The first kappa shape index (κ1) is 18.8. The van der Waals surface area contributed by atoms with Crippen LogP contribution in [0.25, 0.3) is 0 Å². The number of ether oxygens (including phenoxy) is 1.